The van der Waals surface area contributed by atoms with Gasteiger partial charge in [0, 0.05) is 11.3 Å². The van der Waals surface area contributed by atoms with Gasteiger partial charge in [-0.2, -0.15) is 0 Å². The highest BCUT2D eigenvalue weighted by Gasteiger charge is 2.33. The molecule has 17 heavy (non-hydrogen) atoms. The van der Waals surface area contributed by atoms with Crippen molar-refractivity contribution in [1.82, 2.24) is 4.98 Å². The van der Waals surface area contributed by atoms with Crippen molar-refractivity contribution in [1.29, 1.82) is 0 Å². The Bertz CT molecular complexity index is 358. The molecule has 0 amide bonds. The predicted molar refractivity (Wildman–Crippen MR) is 72.5 cm³/mol. The standard InChI is InChI=1S/C14H23NOS/c1-10-11(2)17-13(15-10)9-14(3,16)12-7-5-4-6-8-12/h12,16H,4-9H2,1-3H3. The molecule has 0 spiro atoms. The molecule has 1 heterocycles. The molecule has 1 fully saturated rings. The van der Waals surface area contributed by atoms with E-state index in [-0.39, 0.29) is 0 Å². The van der Waals surface area contributed by atoms with E-state index in [1.165, 1.54) is 37.0 Å². The van der Waals surface area contributed by atoms with Crippen LogP contribution in [0.15, 0.2) is 0 Å². The first-order chi connectivity index (χ1) is 7.99. The minimum absolute atomic E-state index is 0.459. The van der Waals surface area contributed by atoms with Gasteiger partial charge in [-0.15, -0.1) is 11.3 Å². The Morgan fingerprint density at radius 1 is 1.29 bits per heavy atom. The van der Waals surface area contributed by atoms with Gasteiger partial charge in [-0.25, -0.2) is 4.98 Å². The van der Waals surface area contributed by atoms with Crippen molar-refractivity contribution in [3.05, 3.63) is 15.6 Å². The Balaban J connectivity index is 2.05. The highest BCUT2D eigenvalue weighted by molar-refractivity contribution is 7.11. The van der Waals surface area contributed by atoms with Crippen molar-refractivity contribution < 1.29 is 5.11 Å². The number of aliphatic hydroxyl groups is 1. The van der Waals surface area contributed by atoms with Crippen molar-refractivity contribution in [3.8, 4) is 0 Å². The summed E-state index contributed by atoms with van der Waals surface area (Å²) >= 11 is 1.73. The fraction of sp³-hybridized carbons (Fsp3) is 0.786. The topological polar surface area (TPSA) is 33.1 Å². The van der Waals surface area contributed by atoms with Crippen LogP contribution in [0, 0.1) is 19.8 Å². The second kappa shape index (κ2) is 5.07. The van der Waals surface area contributed by atoms with Crippen molar-refractivity contribution in [2.24, 2.45) is 5.92 Å². The number of thiazole rings is 1. The first-order valence-electron chi connectivity index (χ1n) is 6.64. The monoisotopic (exact) mass is 253 g/mol. The van der Waals surface area contributed by atoms with Gasteiger partial charge in [-0.3, -0.25) is 0 Å². The normalized spacial score (nSPS) is 21.4. The SMILES string of the molecule is Cc1nc(CC(C)(O)C2CCCCC2)sc1C. The number of aromatic nitrogens is 1. The minimum atomic E-state index is -0.572. The molecule has 2 rings (SSSR count). The van der Waals surface area contributed by atoms with E-state index in [1.807, 2.05) is 13.8 Å². The van der Waals surface area contributed by atoms with Gasteiger partial charge in [0.1, 0.15) is 0 Å². The van der Waals surface area contributed by atoms with Gasteiger partial charge < -0.3 is 5.11 Å². The van der Waals surface area contributed by atoms with E-state index in [2.05, 4.69) is 11.9 Å². The van der Waals surface area contributed by atoms with Gasteiger partial charge >= 0.3 is 0 Å². The Kier molecular flexibility index (Phi) is 3.88. The molecule has 2 nitrogen and oxygen atoms in total. The lowest BCUT2D eigenvalue weighted by atomic mass is 9.76. The summed E-state index contributed by atoms with van der Waals surface area (Å²) < 4.78 is 0. The highest BCUT2D eigenvalue weighted by Crippen LogP contribution is 2.35. The molecule has 0 aromatic carbocycles. The van der Waals surface area contributed by atoms with Crippen LogP contribution in [0.25, 0.3) is 0 Å². The van der Waals surface area contributed by atoms with Crippen LogP contribution in [-0.2, 0) is 6.42 Å². The zero-order valence-corrected chi connectivity index (χ0v) is 11.9. The smallest absolute Gasteiger partial charge is 0.0959 e. The van der Waals surface area contributed by atoms with Crippen molar-refractivity contribution in [3.63, 3.8) is 0 Å². The fourth-order valence-corrected chi connectivity index (χ4v) is 3.88. The maximum atomic E-state index is 10.7. The average molecular weight is 253 g/mol. The zero-order chi connectivity index (χ0) is 12.5. The lowest BCUT2D eigenvalue weighted by Gasteiger charge is -2.35. The molecule has 1 unspecified atom stereocenters. The quantitative estimate of drug-likeness (QED) is 0.892. The third-order valence-electron chi connectivity index (χ3n) is 4.07. The summed E-state index contributed by atoms with van der Waals surface area (Å²) in [5, 5.41) is 11.8. The zero-order valence-electron chi connectivity index (χ0n) is 11.1. The van der Waals surface area contributed by atoms with Crippen LogP contribution in [-0.4, -0.2) is 15.7 Å². The molecule has 0 bridgehead atoms. The molecule has 1 saturated carbocycles. The van der Waals surface area contributed by atoms with E-state index < -0.39 is 5.60 Å². The summed E-state index contributed by atoms with van der Waals surface area (Å²) in [6, 6.07) is 0. The minimum Gasteiger partial charge on any atom is -0.389 e. The van der Waals surface area contributed by atoms with Crippen LogP contribution in [0.1, 0.15) is 54.6 Å². The Labute approximate surface area is 108 Å². The largest absolute Gasteiger partial charge is 0.389 e. The molecule has 3 heteroatoms. The van der Waals surface area contributed by atoms with E-state index in [9.17, 15) is 5.11 Å². The Morgan fingerprint density at radius 3 is 2.47 bits per heavy atom. The lowest BCUT2D eigenvalue weighted by molar-refractivity contribution is -0.0159. The summed E-state index contributed by atoms with van der Waals surface area (Å²) in [7, 11) is 0. The van der Waals surface area contributed by atoms with Crippen molar-refractivity contribution in [2.75, 3.05) is 0 Å². The second-order valence-electron chi connectivity index (χ2n) is 5.62. The summed E-state index contributed by atoms with van der Waals surface area (Å²) in [6.45, 7) is 6.14. The number of rotatable bonds is 3. The van der Waals surface area contributed by atoms with Gasteiger partial charge in [0.15, 0.2) is 0 Å². The van der Waals surface area contributed by atoms with E-state index in [0.717, 1.165) is 17.1 Å². The molecule has 1 aliphatic rings. The number of nitrogens with zero attached hydrogens (tertiary/aromatic N) is 1. The van der Waals surface area contributed by atoms with Crippen LogP contribution < -0.4 is 0 Å². The van der Waals surface area contributed by atoms with Crippen LogP contribution in [0.3, 0.4) is 0 Å². The average Bonchev–Trinajstić information content (AvgIpc) is 2.58. The van der Waals surface area contributed by atoms with Crippen molar-refractivity contribution >= 4 is 11.3 Å². The molecule has 0 radical (unpaired) electrons. The maximum Gasteiger partial charge on any atom is 0.0959 e. The van der Waals surface area contributed by atoms with Crippen LogP contribution in [0.4, 0.5) is 0 Å². The van der Waals surface area contributed by atoms with Crippen LogP contribution in [0.2, 0.25) is 0 Å². The van der Waals surface area contributed by atoms with Crippen LogP contribution >= 0.6 is 11.3 Å². The third-order valence-corrected chi connectivity index (χ3v) is 5.14. The summed E-state index contributed by atoms with van der Waals surface area (Å²) in [5.41, 5.74) is 0.543. The summed E-state index contributed by atoms with van der Waals surface area (Å²) in [6.07, 6.45) is 6.96. The molecular weight excluding hydrogens is 230 g/mol. The molecule has 1 aromatic rings. The maximum absolute atomic E-state index is 10.7. The lowest BCUT2D eigenvalue weighted by Crippen LogP contribution is -2.38. The number of hydrogen-bond donors (Lipinski definition) is 1. The molecule has 0 saturated heterocycles. The first kappa shape index (κ1) is 13.0. The van der Waals surface area contributed by atoms with Gasteiger partial charge in [-0.05, 0) is 39.5 Å². The van der Waals surface area contributed by atoms with E-state index in [1.54, 1.807) is 11.3 Å². The summed E-state index contributed by atoms with van der Waals surface area (Å²) in [4.78, 5) is 5.83. The van der Waals surface area contributed by atoms with Crippen LogP contribution in [0.5, 0.6) is 0 Å². The second-order valence-corrected chi connectivity index (χ2v) is 6.91. The molecule has 0 aliphatic heterocycles. The predicted octanol–water partition coefficient (Wildman–Crippen LogP) is 3.63. The highest BCUT2D eigenvalue weighted by atomic mass is 32.1. The molecule has 1 atom stereocenters. The van der Waals surface area contributed by atoms with E-state index in [0.29, 0.717) is 5.92 Å². The van der Waals surface area contributed by atoms with Gasteiger partial charge in [-0.1, -0.05) is 19.3 Å². The molecule has 1 aromatic heterocycles. The van der Waals surface area contributed by atoms with E-state index >= 15 is 0 Å². The summed E-state index contributed by atoms with van der Waals surface area (Å²) in [5.74, 6) is 0.459. The number of aryl methyl sites for hydroxylation is 2. The Hall–Kier alpha value is -0.410. The molecule has 1 N–H and O–H groups in total. The molecular formula is C14H23NOS. The Morgan fingerprint density at radius 2 is 1.94 bits per heavy atom. The van der Waals surface area contributed by atoms with Gasteiger partial charge in [0.2, 0.25) is 0 Å². The fourth-order valence-electron chi connectivity index (χ4n) is 2.79. The molecule has 1 aliphatic carbocycles. The van der Waals surface area contributed by atoms with Crippen molar-refractivity contribution in [2.45, 2.75) is 64.9 Å². The van der Waals surface area contributed by atoms with E-state index in [4.69, 9.17) is 0 Å². The third kappa shape index (κ3) is 3.08. The number of hydrogen-bond acceptors (Lipinski definition) is 3. The molecule has 96 valence electrons. The van der Waals surface area contributed by atoms with Gasteiger partial charge in [0.25, 0.3) is 0 Å². The first-order valence-corrected chi connectivity index (χ1v) is 7.46. The van der Waals surface area contributed by atoms with Gasteiger partial charge in [0.05, 0.1) is 16.3 Å².